The predicted octanol–water partition coefficient (Wildman–Crippen LogP) is 2.72. The number of ether oxygens (including phenoxy) is 1. The van der Waals surface area contributed by atoms with Crippen LogP contribution in [0.2, 0.25) is 0 Å². The van der Waals surface area contributed by atoms with Crippen LogP contribution in [0.1, 0.15) is 5.56 Å². The Kier molecular flexibility index (Phi) is 3.14. The van der Waals surface area contributed by atoms with Gasteiger partial charge in [0.25, 0.3) is 0 Å². The molecule has 0 radical (unpaired) electrons. The van der Waals surface area contributed by atoms with Crippen LogP contribution in [0.5, 0.6) is 5.88 Å². The van der Waals surface area contributed by atoms with E-state index < -0.39 is 0 Å². The number of hydrogen-bond acceptors (Lipinski definition) is 4. The number of para-hydroxylation sites is 1. The largest absolute Gasteiger partial charge is 0.481 e. The summed E-state index contributed by atoms with van der Waals surface area (Å²) in [6.07, 6.45) is 1.71. The standard InChI is InChI=1S/C13H15N3O/c1-9-4-3-5-11(14)13(9)16-10-6-7-12(17-2)15-8-10/h3-8,16H,14H2,1-2H3. The first-order valence-corrected chi connectivity index (χ1v) is 5.33. The highest BCUT2D eigenvalue weighted by Gasteiger charge is 2.03. The number of nitrogens with zero attached hydrogens (tertiary/aromatic N) is 1. The molecule has 2 rings (SSSR count). The Labute approximate surface area is 100 Å². The van der Waals surface area contributed by atoms with Crippen LogP contribution in [0.3, 0.4) is 0 Å². The molecule has 0 aliphatic rings. The molecule has 3 N–H and O–H groups in total. The van der Waals surface area contributed by atoms with Gasteiger partial charge in [-0.2, -0.15) is 0 Å². The van der Waals surface area contributed by atoms with Gasteiger partial charge in [-0.05, 0) is 24.6 Å². The molecule has 0 amide bonds. The highest BCUT2D eigenvalue weighted by molar-refractivity contribution is 5.75. The van der Waals surface area contributed by atoms with Gasteiger partial charge in [0.15, 0.2) is 0 Å². The van der Waals surface area contributed by atoms with Gasteiger partial charge in [0.2, 0.25) is 5.88 Å². The van der Waals surface area contributed by atoms with Crippen LogP contribution in [0.25, 0.3) is 0 Å². The van der Waals surface area contributed by atoms with Crippen molar-refractivity contribution in [2.45, 2.75) is 6.92 Å². The van der Waals surface area contributed by atoms with Crippen molar-refractivity contribution >= 4 is 17.1 Å². The van der Waals surface area contributed by atoms with Crippen LogP contribution in [-0.2, 0) is 0 Å². The Morgan fingerprint density at radius 1 is 1.24 bits per heavy atom. The van der Waals surface area contributed by atoms with Crippen LogP contribution in [0.15, 0.2) is 36.5 Å². The first-order chi connectivity index (χ1) is 8.20. The molecular weight excluding hydrogens is 214 g/mol. The smallest absolute Gasteiger partial charge is 0.213 e. The van der Waals surface area contributed by atoms with Crippen LogP contribution in [-0.4, -0.2) is 12.1 Å². The van der Waals surface area contributed by atoms with Crippen LogP contribution >= 0.6 is 0 Å². The minimum Gasteiger partial charge on any atom is -0.481 e. The maximum absolute atomic E-state index is 5.92. The summed E-state index contributed by atoms with van der Waals surface area (Å²) in [5.74, 6) is 0.591. The van der Waals surface area contributed by atoms with Crippen molar-refractivity contribution in [3.63, 3.8) is 0 Å². The molecule has 0 unspecified atom stereocenters. The third-order valence-electron chi connectivity index (χ3n) is 2.52. The fourth-order valence-corrected chi connectivity index (χ4v) is 1.58. The molecule has 0 saturated carbocycles. The zero-order valence-corrected chi connectivity index (χ0v) is 9.90. The average Bonchev–Trinajstić information content (AvgIpc) is 2.35. The summed E-state index contributed by atoms with van der Waals surface area (Å²) in [6, 6.07) is 9.51. The predicted molar refractivity (Wildman–Crippen MR) is 69.7 cm³/mol. The third kappa shape index (κ3) is 2.47. The summed E-state index contributed by atoms with van der Waals surface area (Å²) >= 11 is 0. The van der Waals surface area contributed by atoms with Gasteiger partial charge in [-0.3, -0.25) is 0 Å². The minimum absolute atomic E-state index is 0.591. The maximum atomic E-state index is 5.92. The monoisotopic (exact) mass is 229 g/mol. The number of rotatable bonds is 3. The molecule has 0 atom stereocenters. The second kappa shape index (κ2) is 4.74. The fourth-order valence-electron chi connectivity index (χ4n) is 1.58. The van der Waals surface area contributed by atoms with Crippen molar-refractivity contribution in [2.75, 3.05) is 18.2 Å². The average molecular weight is 229 g/mol. The van der Waals surface area contributed by atoms with Gasteiger partial charge in [0.1, 0.15) is 0 Å². The van der Waals surface area contributed by atoms with E-state index in [-0.39, 0.29) is 0 Å². The molecule has 1 aromatic carbocycles. The van der Waals surface area contributed by atoms with E-state index in [1.165, 1.54) is 0 Å². The molecule has 0 aliphatic heterocycles. The molecule has 0 fully saturated rings. The van der Waals surface area contributed by atoms with Gasteiger partial charge in [-0.1, -0.05) is 12.1 Å². The summed E-state index contributed by atoms with van der Waals surface area (Å²) in [5, 5.41) is 3.25. The number of anilines is 3. The second-order valence-corrected chi connectivity index (χ2v) is 3.75. The van der Waals surface area contributed by atoms with Gasteiger partial charge in [-0.25, -0.2) is 4.98 Å². The van der Waals surface area contributed by atoms with Gasteiger partial charge in [-0.15, -0.1) is 0 Å². The summed E-state index contributed by atoms with van der Waals surface area (Å²) < 4.78 is 5.00. The van der Waals surface area contributed by atoms with Crippen molar-refractivity contribution in [1.82, 2.24) is 4.98 Å². The maximum Gasteiger partial charge on any atom is 0.213 e. The Morgan fingerprint density at radius 3 is 2.65 bits per heavy atom. The number of aryl methyl sites for hydroxylation is 1. The van der Waals surface area contributed by atoms with Crippen LogP contribution < -0.4 is 15.8 Å². The van der Waals surface area contributed by atoms with Crippen molar-refractivity contribution in [3.05, 3.63) is 42.1 Å². The lowest BCUT2D eigenvalue weighted by Crippen LogP contribution is -1.99. The topological polar surface area (TPSA) is 60.2 Å². The molecule has 2 aromatic rings. The van der Waals surface area contributed by atoms with E-state index in [0.717, 1.165) is 22.6 Å². The number of aromatic nitrogens is 1. The number of benzene rings is 1. The molecule has 88 valence electrons. The van der Waals surface area contributed by atoms with E-state index in [2.05, 4.69) is 10.3 Å². The van der Waals surface area contributed by atoms with E-state index in [1.807, 2.05) is 31.2 Å². The van der Waals surface area contributed by atoms with Crippen molar-refractivity contribution in [1.29, 1.82) is 0 Å². The molecule has 0 aliphatic carbocycles. The number of pyridine rings is 1. The number of nitrogens with one attached hydrogen (secondary N) is 1. The molecule has 4 heteroatoms. The molecule has 0 bridgehead atoms. The zero-order chi connectivity index (χ0) is 12.3. The van der Waals surface area contributed by atoms with Crippen LogP contribution in [0.4, 0.5) is 17.1 Å². The number of methoxy groups -OCH3 is 1. The molecule has 17 heavy (non-hydrogen) atoms. The highest BCUT2D eigenvalue weighted by Crippen LogP contribution is 2.26. The molecule has 4 nitrogen and oxygen atoms in total. The Bertz CT molecular complexity index is 488. The third-order valence-corrected chi connectivity index (χ3v) is 2.52. The van der Waals surface area contributed by atoms with Gasteiger partial charge in [0.05, 0.1) is 30.4 Å². The molecule has 1 aromatic heterocycles. The van der Waals surface area contributed by atoms with Gasteiger partial charge in [0, 0.05) is 6.07 Å². The number of nitrogen functional groups attached to an aromatic ring is 1. The summed E-state index contributed by atoms with van der Waals surface area (Å²) in [5.41, 5.74) is 9.54. The minimum atomic E-state index is 0.591. The lowest BCUT2D eigenvalue weighted by molar-refractivity contribution is 0.398. The lowest BCUT2D eigenvalue weighted by atomic mass is 10.1. The molecule has 1 heterocycles. The summed E-state index contributed by atoms with van der Waals surface area (Å²) in [6.45, 7) is 2.01. The van der Waals surface area contributed by atoms with E-state index in [0.29, 0.717) is 5.88 Å². The zero-order valence-electron chi connectivity index (χ0n) is 9.90. The van der Waals surface area contributed by atoms with Gasteiger partial charge >= 0.3 is 0 Å². The number of nitrogens with two attached hydrogens (primary N) is 1. The first-order valence-electron chi connectivity index (χ1n) is 5.33. The lowest BCUT2D eigenvalue weighted by Gasteiger charge is -2.12. The Hall–Kier alpha value is -2.23. The quantitative estimate of drug-likeness (QED) is 0.794. The van der Waals surface area contributed by atoms with E-state index in [1.54, 1.807) is 19.4 Å². The van der Waals surface area contributed by atoms with Crippen molar-refractivity contribution in [3.8, 4) is 5.88 Å². The van der Waals surface area contributed by atoms with Crippen molar-refractivity contribution in [2.24, 2.45) is 0 Å². The summed E-state index contributed by atoms with van der Waals surface area (Å²) in [7, 11) is 1.59. The Balaban J connectivity index is 2.25. The summed E-state index contributed by atoms with van der Waals surface area (Å²) in [4.78, 5) is 4.13. The second-order valence-electron chi connectivity index (χ2n) is 3.75. The highest BCUT2D eigenvalue weighted by atomic mass is 16.5. The van der Waals surface area contributed by atoms with Gasteiger partial charge < -0.3 is 15.8 Å². The molecular formula is C13H15N3O. The van der Waals surface area contributed by atoms with Crippen molar-refractivity contribution < 1.29 is 4.74 Å². The van der Waals surface area contributed by atoms with Crippen LogP contribution in [0, 0.1) is 6.92 Å². The van der Waals surface area contributed by atoms with E-state index >= 15 is 0 Å². The van der Waals surface area contributed by atoms with E-state index in [9.17, 15) is 0 Å². The fraction of sp³-hybridized carbons (Fsp3) is 0.154. The number of hydrogen-bond donors (Lipinski definition) is 2. The first kappa shape index (κ1) is 11.3. The SMILES string of the molecule is COc1ccc(Nc2c(C)cccc2N)cn1. The molecule has 0 saturated heterocycles. The normalized spacial score (nSPS) is 10.0. The molecule has 0 spiro atoms. The Morgan fingerprint density at radius 2 is 2.06 bits per heavy atom. The van der Waals surface area contributed by atoms with E-state index in [4.69, 9.17) is 10.5 Å².